The Bertz CT molecular complexity index is 304. The van der Waals surface area contributed by atoms with Crippen LogP contribution < -0.4 is 0 Å². The number of nitrogens with zero attached hydrogens (tertiary/aromatic N) is 3. The minimum absolute atomic E-state index is 0.0405. The Hall–Kier alpha value is -1.39. The summed E-state index contributed by atoms with van der Waals surface area (Å²) in [7, 11) is 1.57. The van der Waals surface area contributed by atoms with Crippen molar-refractivity contribution in [2.45, 2.75) is 19.8 Å². The van der Waals surface area contributed by atoms with Crippen molar-refractivity contribution in [3.8, 4) is 0 Å². The molecule has 0 aliphatic carbocycles. The molecule has 0 aromatic carbocycles. The Morgan fingerprint density at radius 1 is 1.67 bits per heavy atom. The van der Waals surface area contributed by atoms with Crippen LogP contribution >= 0.6 is 0 Å². The van der Waals surface area contributed by atoms with Gasteiger partial charge in [-0.25, -0.2) is 0 Å². The lowest BCUT2D eigenvalue weighted by Gasteiger charge is -1.92. The number of aryl methyl sites for hydroxylation is 1. The molecule has 0 aliphatic heterocycles. The highest BCUT2D eigenvalue weighted by molar-refractivity contribution is 5.24. The normalized spacial score (nSPS) is 10.7. The molecule has 0 saturated heterocycles. The Labute approximate surface area is 70.2 Å². The molecule has 1 aromatic heterocycles. The monoisotopic (exact) mass is 169 g/mol. The van der Waals surface area contributed by atoms with Gasteiger partial charge in [-0.05, 0) is 10.8 Å². The lowest BCUT2D eigenvalue weighted by atomic mass is 10.1. The molecule has 1 aromatic rings. The average molecular weight is 169 g/mol. The molecule has 0 aliphatic rings. The molecule has 0 radical (unpaired) electrons. The van der Waals surface area contributed by atoms with E-state index in [-0.39, 0.29) is 11.7 Å². The van der Waals surface area contributed by atoms with E-state index in [1.807, 2.05) is 13.8 Å². The third-order valence-electron chi connectivity index (χ3n) is 1.65. The zero-order valence-electron chi connectivity index (χ0n) is 7.31. The largest absolute Gasteiger partial charge is 0.358 e. The van der Waals surface area contributed by atoms with Gasteiger partial charge in [0.05, 0.1) is 11.8 Å². The molecule has 0 N–H and O–H groups in total. The summed E-state index contributed by atoms with van der Waals surface area (Å²) >= 11 is 0. The van der Waals surface area contributed by atoms with Gasteiger partial charge in [-0.1, -0.05) is 18.9 Å². The van der Waals surface area contributed by atoms with Gasteiger partial charge in [0.2, 0.25) is 0 Å². The molecule has 1 heterocycles. The third-order valence-corrected chi connectivity index (χ3v) is 1.65. The molecule has 0 bridgehead atoms. The summed E-state index contributed by atoms with van der Waals surface area (Å²) in [6.45, 7) is 3.90. The van der Waals surface area contributed by atoms with Gasteiger partial charge in [-0.2, -0.15) is 0 Å². The SMILES string of the molecule is CC(C)c1cc([N+](=O)[O-])n(C)n1. The maximum Gasteiger partial charge on any atom is 0.344 e. The number of nitro groups is 1. The topological polar surface area (TPSA) is 61.0 Å². The van der Waals surface area contributed by atoms with E-state index >= 15 is 0 Å². The van der Waals surface area contributed by atoms with Gasteiger partial charge in [-0.15, -0.1) is 4.68 Å². The fraction of sp³-hybridized carbons (Fsp3) is 0.571. The van der Waals surface area contributed by atoms with Crippen LogP contribution in [0.3, 0.4) is 0 Å². The van der Waals surface area contributed by atoms with Crippen LogP contribution in [0.25, 0.3) is 0 Å². The average Bonchev–Trinajstić information content (AvgIpc) is 2.30. The number of hydrogen-bond acceptors (Lipinski definition) is 3. The Morgan fingerprint density at radius 2 is 2.25 bits per heavy atom. The van der Waals surface area contributed by atoms with Gasteiger partial charge in [0.1, 0.15) is 7.05 Å². The van der Waals surface area contributed by atoms with E-state index in [2.05, 4.69) is 5.10 Å². The minimum Gasteiger partial charge on any atom is -0.358 e. The van der Waals surface area contributed by atoms with Crippen LogP contribution in [0, 0.1) is 10.1 Å². The Balaban J connectivity index is 3.09. The molecule has 12 heavy (non-hydrogen) atoms. The molecule has 0 saturated carbocycles. The van der Waals surface area contributed by atoms with Crippen LogP contribution in [-0.4, -0.2) is 14.7 Å². The van der Waals surface area contributed by atoms with Gasteiger partial charge in [0.15, 0.2) is 0 Å². The summed E-state index contributed by atoms with van der Waals surface area (Å²) in [5.41, 5.74) is 0.754. The first kappa shape index (κ1) is 8.70. The van der Waals surface area contributed by atoms with Crippen LogP contribution in [0.2, 0.25) is 0 Å². The van der Waals surface area contributed by atoms with E-state index in [4.69, 9.17) is 0 Å². The highest BCUT2D eigenvalue weighted by Crippen LogP contribution is 2.18. The summed E-state index contributed by atoms with van der Waals surface area (Å²) in [5, 5.41) is 14.4. The Morgan fingerprint density at radius 3 is 2.50 bits per heavy atom. The van der Waals surface area contributed by atoms with Gasteiger partial charge in [0.25, 0.3) is 0 Å². The molecular formula is C7H11N3O2. The van der Waals surface area contributed by atoms with Gasteiger partial charge in [-0.3, -0.25) is 0 Å². The van der Waals surface area contributed by atoms with Crippen LogP contribution in [-0.2, 0) is 7.05 Å². The quantitative estimate of drug-likeness (QED) is 0.497. The zero-order valence-corrected chi connectivity index (χ0v) is 7.31. The molecular weight excluding hydrogens is 158 g/mol. The van der Waals surface area contributed by atoms with E-state index < -0.39 is 4.92 Å². The fourth-order valence-corrected chi connectivity index (χ4v) is 0.932. The van der Waals surface area contributed by atoms with Crippen LogP contribution in [0.4, 0.5) is 5.82 Å². The molecule has 0 amide bonds. The second-order valence-electron chi connectivity index (χ2n) is 2.96. The third kappa shape index (κ3) is 1.44. The molecule has 5 nitrogen and oxygen atoms in total. The first-order chi connectivity index (χ1) is 5.52. The maximum absolute atomic E-state index is 10.4. The summed E-state index contributed by atoms with van der Waals surface area (Å²) < 4.78 is 1.29. The van der Waals surface area contributed by atoms with Crippen LogP contribution in [0.5, 0.6) is 0 Å². The van der Waals surface area contributed by atoms with Crippen molar-refractivity contribution in [3.63, 3.8) is 0 Å². The molecule has 1 rings (SSSR count). The first-order valence-corrected chi connectivity index (χ1v) is 3.70. The van der Waals surface area contributed by atoms with E-state index in [1.165, 1.54) is 10.7 Å². The van der Waals surface area contributed by atoms with Crippen molar-refractivity contribution in [1.82, 2.24) is 9.78 Å². The molecule has 0 atom stereocenters. The maximum atomic E-state index is 10.4. The summed E-state index contributed by atoms with van der Waals surface area (Å²) in [5.74, 6) is 0.267. The van der Waals surface area contributed by atoms with Crippen molar-refractivity contribution in [3.05, 3.63) is 21.9 Å². The zero-order chi connectivity index (χ0) is 9.30. The predicted octanol–water partition coefficient (Wildman–Crippen LogP) is 1.45. The van der Waals surface area contributed by atoms with Crippen LogP contribution in [0.1, 0.15) is 25.5 Å². The van der Waals surface area contributed by atoms with Crippen molar-refractivity contribution >= 4 is 5.82 Å². The fourth-order valence-electron chi connectivity index (χ4n) is 0.932. The summed E-state index contributed by atoms with van der Waals surface area (Å²) in [4.78, 5) is 9.97. The molecule has 0 unspecified atom stereocenters. The van der Waals surface area contributed by atoms with Gasteiger partial charge in [0, 0.05) is 0 Å². The molecule has 66 valence electrons. The summed E-state index contributed by atoms with van der Waals surface area (Å²) in [6.07, 6.45) is 0. The molecule has 5 heteroatoms. The van der Waals surface area contributed by atoms with Crippen LogP contribution in [0.15, 0.2) is 6.07 Å². The van der Waals surface area contributed by atoms with Crippen molar-refractivity contribution in [2.75, 3.05) is 0 Å². The first-order valence-electron chi connectivity index (χ1n) is 3.70. The smallest absolute Gasteiger partial charge is 0.344 e. The van der Waals surface area contributed by atoms with Gasteiger partial charge < -0.3 is 10.1 Å². The minimum atomic E-state index is -0.432. The van der Waals surface area contributed by atoms with Crippen molar-refractivity contribution in [1.29, 1.82) is 0 Å². The van der Waals surface area contributed by atoms with Gasteiger partial charge >= 0.3 is 5.82 Å². The highest BCUT2D eigenvalue weighted by atomic mass is 16.6. The van der Waals surface area contributed by atoms with E-state index in [1.54, 1.807) is 7.05 Å². The van der Waals surface area contributed by atoms with E-state index in [0.29, 0.717) is 0 Å². The lowest BCUT2D eigenvalue weighted by Crippen LogP contribution is -1.98. The van der Waals surface area contributed by atoms with E-state index in [9.17, 15) is 10.1 Å². The second kappa shape index (κ2) is 2.92. The highest BCUT2D eigenvalue weighted by Gasteiger charge is 2.16. The predicted molar refractivity (Wildman–Crippen MR) is 44.0 cm³/mol. The Kier molecular flexibility index (Phi) is 2.12. The molecule has 0 fully saturated rings. The second-order valence-corrected chi connectivity index (χ2v) is 2.96. The molecule has 0 spiro atoms. The van der Waals surface area contributed by atoms with Crippen molar-refractivity contribution in [2.24, 2.45) is 7.05 Å². The lowest BCUT2D eigenvalue weighted by molar-refractivity contribution is -0.392. The summed E-state index contributed by atoms with van der Waals surface area (Å²) in [6, 6.07) is 1.50. The number of aromatic nitrogens is 2. The number of hydrogen-bond donors (Lipinski definition) is 0. The van der Waals surface area contributed by atoms with Crippen molar-refractivity contribution < 1.29 is 4.92 Å². The van der Waals surface area contributed by atoms with E-state index in [0.717, 1.165) is 5.69 Å². The number of rotatable bonds is 2. The standard InChI is InChI=1S/C7H11N3O2/c1-5(2)6-4-7(10(11)12)9(3)8-6/h4-5H,1-3H3.